The molecule has 0 rings (SSSR count). The summed E-state index contributed by atoms with van der Waals surface area (Å²) in [5, 5.41) is 0. The summed E-state index contributed by atoms with van der Waals surface area (Å²) in [6, 6.07) is 0. The van der Waals surface area contributed by atoms with E-state index in [1.54, 1.807) is 0 Å². The first-order valence-electron chi connectivity index (χ1n) is 4.04. The van der Waals surface area contributed by atoms with Crippen molar-refractivity contribution < 1.29 is 8.42 Å². The zero-order valence-corrected chi connectivity index (χ0v) is 9.11. The van der Waals surface area contributed by atoms with Gasteiger partial charge in [0.25, 0.3) is 0 Å². The fraction of sp³-hybridized carbons (Fsp3) is 1.00. The molecule has 1 atom stereocenters. The molecule has 0 aromatic carbocycles. The summed E-state index contributed by atoms with van der Waals surface area (Å²) in [6.45, 7) is 6.46. The first-order valence-corrected chi connectivity index (χ1v) is 6.10. The summed E-state index contributed by atoms with van der Waals surface area (Å²) < 4.78 is 22.0. The molecular weight excluding hydrogens is 174 g/mol. The largest absolute Gasteiger partial charge is 0.330 e. The molecule has 0 heterocycles. The first kappa shape index (κ1) is 11.9. The van der Waals surface area contributed by atoms with Gasteiger partial charge in [-0.3, -0.25) is 0 Å². The molecule has 0 aromatic rings. The van der Waals surface area contributed by atoms with Gasteiger partial charge in [-0.1, -0.05) is 20.8 Å². The maximum atomic E-state index is 11.0. The van der Waals surface area contributed by atoms with Crippen molar-refractivity contribution in [3.05, 3.63) is 0 Å². The Kier molecular flexibility index (Phi) is 3.72. The third kappa shape index (κ3) is 4.72. The van der Waals surface area contributed by atoms with Crippen molar-refractivity contribution in [2.45, 2.75) is 20.8 Å². The van der Waals surface area contributed by atoms with Gasteiger partial charge in [-0.2, -0.15) is 0 Å². The number of nitrogens with two attached hydrogens (primary N) is 1. The molecule has 0 aliphatic rings. The van der Waals surface area contributed by atoms with Gasteiger partial charge in [-0.05, 0) is 17.9 Å². The summed E-state index contributed by atoms with van der Waals surface area (Å²) in [5.41, 5.74) is 5.47. The monoisotopic (exact) mass is 193 g/mol. The van der Waals surface area contributed by atoms with E-state index >= 15 is 0 Å². The van der Waals surface area contributed by atoms with Gasteiger partial charge < -0.3 is 5.73 Å². The minimum atomic E-state index is -2.90. The Morgan fingerprint density at radius 1 is 1.33 bits per heavy atom. The summed E-state index contributed by atoms with van der Waals surface area (Å²) in [4.78, 5) is 0. The lowest BCUT2D eigenvalue weighted by molar-refractivity contribution is 0.271. The van der Waals surface area contributed by atoms with Crippen molar-refractivity contribution >= 4 is 9.84 Å². The van der Waals surface area contributed by atoms with Crippen molar-refractivity contribution in [3.8, 4) is 0 Å². The van der Waals surface area contributed by atoms with E-state index in [9.17, 15) is 8.42 Å². The molecular formula is C8H19NO2S. The Labute approximate surface area is 75.3 Å². The molecule has 0 aliphatic heterocycles. The highest BCUT2D eigenvalue weighted by atomic mass is 32.2. The molecule has 3 nitrogen and oxygen atoms in total. The van der Waals surface area contributed by atoms with Crippen LogP contribution in [0.1, 0.15) is 20.8 Å². The highest BCUT2D eigenvalue weighted by Crippen LogP contribution is 2.25. The minimum Gasteiger partial charge on any atom is -0.330 e. The summed E-state index contributed by atoms with van der Waals surface area (Å²) >= 11 is 0. The SMILES string of the molecule is CC(C)(C)C(CN)CS(C)(=O)=O. The fourth-order valence-corrected chi connectivity index (χ4v) is 2.40. The molecule has 0 saturated carbocycles. The van der Waals surface area contributed by atoms with Crippen LogP contribution in [0.5, 0.6) is 0 Å². The van der Waals surface area contributed by atoms with Crippen LogP contribution in [0.4, 0.5) is 0 Å². The van der Waals surface area contributed by atoms with E-state index in [1.807, 2.05) is 20.8 Å². The Hall–Kier alpha value is -0.0900. The number of rotatable bonds is 3. The van der Waals surface area contributed by atoms with Crippen LogP contribution in [0.15, 0.2) is 0 Å². The minimum absolute atomic E-state index is 0.0299. The molecule has 0 aromatic heterocycles. The number of hydrogen-bond donors (Lipinski definition) is 1. The maximum Gasteiger partial charge on any atom is 0.147 e. The lowest BCUT2D eigenvalue weighted by atomic mass is 9.82. The Bertz CT molecular complexity index is 226. The van der Waals surface area contributed by atoms with Gasteiger partial charge in [-0.25, -0.2) is 8.42 Å². The molecule has 74 valence electrons. The first-order chi connectivity index (χ1) is 5.17. The van der Waals surface area contributed by atoms with E-state index in [0.717, 1.165) is 0 Å². The smallest absolute Gasteiger partial charge is 0.147 e. The van der Waals surface area contributed by atoms with E-state index in [1.165, 1.54) is 6.26 Å². The van der Waals surface area contributed by atoms with Gasteiger partial charge in [0.2, 0.25) is 0 Å². The Morgan fingerprint density at radius 2 is 1.75 bits per heavy atom. The Balaban J connectivity index is 4.41. The highest BCUT2D eigenvalue weighted by Gasteiger charge is 2.26. The van der Waals surface area contributed by atoms with Crippen LogP contribution >= 0.6 is 0 Å². The summed E-state index contributed by atoms with van der Waals surface area (Å²) in [6.07, 6.45) is 1.25. The molecule has 0 spiro atoms. The molecule has 0 aliphatic carbocycles. The molecule has 0 amide bonds. The van der Waals surface area contributed by atoms with Gasteiger partial charge in [0, 0.05) is 6.26 Å². The topological polar surface area (TPSA) is 60.2 Å². The molecule has 0 radical (unpaired) electrons. The lowest BCUT2D eigenvalue weighted by Gasteiger charge is -2.28. The van der Waals surface area contributed by atoms with Gasteiger partial charge in [0.15, 0.2) is 0 Å². The highest BCUT2D eigenvalue weighted by molar-refractivity contribution is 7.90. The van der Waals surface area contributed by atoms with Crippen molar-refractivity contribution in [2.24, 2.45) is 17.1 Å². The second kappa shape index (κ2) is 3.75. The van der Waals surface area contributed by atoms with Crippen molar-refractivity contribution in [2.75, 3.05) is 18.6 Å². The van der Waals surface area contributed by atoms with E-state index in [0.29, 0.717) is 6.54 Å². The van der Waals surface area contributed by atoms with Crippen LogP contribution in [0.2, 0.25) is 0 Å². The standard InChI is InChI=1S/C8H19NO2S/c1-8(2,3)7(5-9)6-12(4,10)11/h7H,5-6,9H2,1-4H3. The lowest BCUT2D eigenvalue weighted by Crippen LogP contribution is -2.33. The van der Waals surface area contributed by atoms with Crippen LogP contribution in [0, 0.1) is 11.3 Å². The average Bonchev–Trinajstić information content (AvgIpc) is 1.78. The molecule has 0 bridgehead atoms. The zero-order chi connectivity index (χ0) is 9.99. The molecule has 0 saturated heterocycles. The second-order valence-corrected chi connectivity index (χ2v) is 6.58. The third-order valence-corrected chi connectivity index (χ3v) is 3.02. The van der Waals surface area contributed by atoms with Crippen LogP contribution in [-0.4, -0.2) is 27.0 Å². The van der Waals surface area contributed by atoms with E-state index < -0.39 is 9.84 Å². The predicted octanol–water partition coefficient (Wildman–Crippen LogP) is 0.652. The molecule has 4 heteroatoms. The van der Waals surface area contributed by atoms with Crippen LogP contribution in [0.3, 0.4) is 0 Å². The summed E-state index contributed by atoms with van der Waals surface area (Å²) in [5.74, 6) is 0.236. The van der Waals surface area contributed by atoms with Crippen LogP contribution in [0.25, 0.3) is 0 Å². The van der Waals surface area contributed by atoms with E-state index in [4.69, 9.17) is 5.73 Å². The molecule has 12 heavy (non-hydrogen) atoms. The van der Waals surface area contributed by atoms with E-state index in [-0.39, 0.29) is 17.1 Å². The van der Waals surface area contributed by atoms with Gasteiger partial charge in [0.05, 0.1) is 5.75 Å². The van der Waals surface area contributed by atoms with Gasteiger partial charge in [-0.15, -0.1) is 0 Å². The van der Waals surface area contributed by atoms with Crippen LogP contribution in [-0.2, 0) is 9.84 Å². The van der Waals surface area contributed by atoms with Crippen LogP contribution < -0.4 is 5.73 Å². The molecule has 0 fully saturated rings. The van der Waals surface area contributed by atoms with Crippen molar-refractivity contribution in [1.29, 1.82) is 0 Å². The van der Waals surface area contributed by atoms with Crippen molar-refractivity contribution in [3.63, 3.8) is 0 Å². The second-order valence-electron chi connectivity index (χ2n) is 4.39. The summed E-state index contributed by atoms with van der Waals surface area (Å²) in [7, 11) is -2.90. The molecule has 1 unspecified atom stereocenters. The normalized spacial score (nSPS) is 16.1. The fourth-order valence-electron chi connectivity index (χ4n) is 1.04. The number of sulfone groups is 1. The van der Waals surface area contributed by atoms with E-state index in [2.05, 4.69) is 0 Å². The average molecular weight is 193 g/mol. The molecule has 2 N–H and O–H groups in total. The van der Waals surface area contributed by atoms with Crippen molar-refractivity contribution in [1.82, 2.24) is 0 Å². The van der Waals surface area contributed by atoms with Gasteiger partial charge in [0.1, 0.15) is 9.84 Å². The third-order valence-electron chi connectivity index (χ3n) is 2.01. The van der Waals surface area contributed by atoms with Gasteiger partial charge >= 0.3 is 0 Å². The number of hydrogen-bond acceptors (Lipinski definition) is 3. The zero-order valence-electron chi connectivity index (χ0n) is 8.29. The predicted molar refractivity (Wildman–Crippen MR) is 51.7 cm³/mol. The Morgan fingerprint density at radius 3 is 1.83 bits per heavy atom. The quantitative estimate of drug-likeness (QED) is 0.716. The maximum absolute atomic E-state index is 11.0.